The fourth-order valence-corrected chi connectivity index (χ4v) is 1.71. The van der Waals surface area contributed by atoms with E-state index in [1.54, 1.807) is 25.2 Å². The minimum Gasteiger partial charge on any atom is -0.491 e. The highest BCUT2D eigenvalue weighted by Crippen LogP contribution is 2.31. The standard InChI is InChI=1S/C12H13NO3/c1-7(2)16-8-4-5-10-9(6-8)11(14)12(15)13(10)3/h4-7H,1-3H3. The van der Waals surface area contributed by atoms with E-state index in [0.29, 0.717) is 17.0 Å². The minimum absolute atomic E-state index is 0.0444. The molecule has 16 heavy (non-hydrogen) atoms. The first kappa shape index (κ1) is 10.7. The highest BCUT2D eigenvalue weighted by atomic mass is 16.5. The highest BCUT2D eigenvalue weighted by Gasteiger charge is 2.33. The average Bonchev–Trinajstić information content (AvgIpc) is 2.43. The first-order valence-corrected chi connectivity index (χ1v) is 5.14. The minimum atomic E-state index is -0.489. The van der Waals surface area contributed by atoms with Crippen LogP contribution in [0.2, 0.25) is 0 Å². The number of rotatable bonds is 2. The third-order valence-corrected chi connectivity index (χ3v) is 2.44. The Morgan fingerprint density at radius 3 is 2.56 bits per heavy atom. The number of Topliss-reactive ketones (excluding diaryl/α,β-unsaturated/α-hetero) is 1. The molecule has 0 aliphatic carbocycles. The lowest BCUT2D eigenvalue weighted by Gasteiger charge is -2.12. The third kappa shape index (κ3) is 1.56. The Labute approximate surface area is 93.8 Å². The van der Waals surface area contributed by atoms with Crippen LogP contribution < -0.4 is 9.64 Å². The molecule has 0 bridgehead atoms. The Morgan fingerprint density at radius 2 is 1.94 bits per heavy atom. The molecular formula is C12H13NO3. The zero-order valence-corrected chi connectivity index (χ0v) is 9.48. The van der Waals surface area contributed by atoms with Crippen molar-refractivity contribution in [3.63, 3.8) is 0 Å². The zero-order chi connectivity index (χ0) is 11.9. The van der Waals surface area contributed by atoms with E-state index >= 15 is 0 Å². The van der Waals surface area contributed by atoms with E-state index in [-0.39, 0.29) is 6.10 Å². The van der Waals surface area contributed by atoms with E-state index < -0.39 is 11.7 Å². The second kappa shape index (κ2) is 3.63. The van der Waals surface area contributed by atoms with Crippen molar-refractivity contribution in [2.45, 2.75) is 20.0 Å². The summed E-state index contributed by atoms with van der Waals surface area (Å²) in [6.07, 6.45) is 0.0444. The van der Waals surface area contributed by atoms with Gasteiger partial charge in [0, 0.05) is 7.05 Å². The molecule has 84 valence electrons. The number of fused-ring (bicyclic) bond motifs is 1. The number of ether oxygens (including phenoxy) is 1. The van der Waals surface area contributed by atoms with Gasteiger partial charge in [0.05, 0.1) is 17.4 Å². The highest BCUT2D eigenvalue weighted by molar-refractivity contribution is 6.52. The molecule has 1 aromatic rings. The van der Waals surface area contributed by atoms with E-state index in [2.05, 4.69) is 0 Å². The van der Waals surface area contributed by atoms with Crippen molar-refractivity contribution in [1.29, 1.82) is 0 Å². The van der Waals surface area contributed by atoms with Crippen LogP contribution in [0, 0.1) is 0 Å². The fraction of sp³-hybridized carbons (Fsp3) is 0.333. The number of amides is 1. The van der Waals surface area contributed by atoms with E-state index in [4.69, 9.17) is 4.74 Å². The number of benzene rings is 1. The molecule has 1 amide bonds. The number of hydrogen-bond acceptors (Lipinski definition) is 3. The first-order chi connectivity index (χ1) is 7.50. The van der Waals surface area contributed by atoms with Crippen LogP contribution in [0.3, 0.4) is 0 Å². The van der Waals surface area contributed by atoms with Gasteiger partial charge in [-0.25, -0.2) is 0 Å². The predicted molar refractivity (Wildman–Crippen MR) is 59.9 cm³/mol. The molecule has 0 saturated heterocycles. The van der Waals surface area contributed by atoms with Gasteiger partial charge in [-0.05, 0) is 32.0 Å². The molecule has 0 spiro atoms. The van der Waals surface area contributed by atoms with E-state index in [1.165, 1.54) is 4.90 Å². The monoisotopic (exact) mass is 219 g/mol. The van der Waals surface area contributed by atoms with Crippen LogP contribution in [-0.2, 0) is 4.79 Å². The van der Waals surface area contributed by atoms with Crippen LogP contribution in [0.1, 0.15) is 24.2 Å². The van der Waals surface area contributed by atoms with Crippen molar-refractivity contribution in [3.05, 3.63) is 23.8 Å². The van der Waals surface area contributed by atoms with Gasteiger partial charge >= 0.3 is 0 Å². The summed E-state index contributed by atoms with van der Waals surface area (Å²) in [5.41, 5.74) is 1.07. The number of likely N-dealkylation sites (N-methyl/N-ethyl adjacent to an activating group) is 1. The molecule has 4 heteroatoms. The molecule has 0 fully saturated rings. The number of hydrogen-bond donors (Lipinski definition) is 0. The molecule has 0 saturated carbocycles. The molecule has 0 aromatic heterocycles. The van der Waals surface area contributed by atoms with Crippen LogP contribution >= 0.6 is 0 Å². The molecule has 1 aliphatic rings. The molecule has 0 atom stereocenters. The maximum Gasteiger partial charge on any atom is 0.299 e. The lowest BCUT2D eigenvalue weighted by molar-refractivity contribution is -0.114. The number of carbonyl (C=O) groups excluding carboxylic acids is 2. The van der Waals surface area contributed by atoms with Gasteiger partial charge in [0.15, 0.2) is 0 Å². The number of nitrogens with zero attached hydrogens (tertiary/aromatic N) is 1. The fourth-order valence-electron chi connectivity index (χ4n) is 1.71. The van der Waals surface area contributed by atoms with Crippen LogP contribution in [0.25, 0.3) is 0 Å². The normalized spacial score (nSPS) is 14.6. The number of ketones is 1. The Balaban J connectivity index is 2.41. The Hall–Kier alpha value is -1.84. The van der Waals surface area contributed by atoms with E-state index in [1.807, 2.05) is 13.8 Å². The van der Waals surface area contributed by atoms with Gasteiger partial charge in [0.25, 0.3) is 11.7 Å². The number of carbonyl (C=O) groups is 2. The van der Waals surface area contributed by atoms with Gasteiger partial charge in [0.2, 0.25) is 0 Å². The van der Waals surface area contributed by atoms with Gasteiger partial charge in [0.1, 0.15) is 5.75 Å². The van der Waals surface area contributed by atoms with E-state index in [0.717, 1.165) is 0 Å². The Bertz CT molecular complexity index is 465. The molecule has 4 nitrogen and oxygen atoms in total. The summed E-state index contributed by atoms with van der Waals surface area (Å²) in [6, 6.07) is 5.12. The number of anilines is 1. The predicted octanol–water partition coefficient (Wildman–Crippen LogP) is 1.63. The van der Waals surface area contributed by atoms with Crippen molar-refractivity contribution >= 4 is 17.4 Å². The van der Waals surface area contributed by atoms with Gasteiger partial charge in [-0.2, -0.15) is 0 Å². The Kier molecular flexibility index (Phi) is 2.42. The van der Waals surface area contributed by atoms with Gasteiger partial charge < -0.3 is 9.64 Å². The third-order valence-electron chi connectivity index (χ3n) is 2.44. The van der Waals surface area contributed by atoms with Crippen molar-refractivity contribution in [1.82, 2.24) is 0 Å². The van der Waals surface area contributed by atoms with E-state index in [9.17, 15) is 9.59 Å². The van der Waals surface area contributed by atoms with Gasteiger partial charge in [-0.1, -0.05) is 0 Å². The Morgan fingerprint density at radius 1 is 1.25 bits per heavy atom. The average molecular weight is 219 g/mol. The smallest absolute Gasteiger partial charge is 0.299 e. The molecule has 1 heterocycles. The molecule has 0 unspecified atom stereocenters. The van der Waals surface area contributed by atoms with Crippen LogP contribution in [0.5, 0.6) is 5.75 Å². The van der Waals surface area contributed by atoms with Crippen molar-refractivity contribution in [2.75, 3.05) is 11.9 Å². The van der Waals surface area contributed by atoms with Crippen molar-refractivity contribution < 1.29 is 14.3 Å². The molecule has 2 rings (SSSR count). The van der Waals surface area contributed by atoms with Gasteiger partial charge in [-0.15, -0.1) is 0 Å². The van der Waals surface area contributed by atoms with Crippen LogP contribution in [0.4, 0.5) is 5.69 Å². The second-order valence-corrected chi connectivity index (χ2v) is 4.04. The maximum absolute atomic E-state index is 11.6. The molecule has 1 aliphatic heterocycles. The topological polar surface area (TPSA) is 46.6 Å². The largest absolute Gasteiger partial charge is 0.491 e. The lowest BCUT2D eigenvalue weighted by atomic mass is 10.1. The maximum atomic E-state index is 11.6. The molecular weight excluding hydrogens is 206 g/mol. The molecule has 0 N–H and O–H groups in total. The van der Waals surface area contributed by atoms with Gasteiger partial charge in [-0.3, -0.25) is 9.59 Å². The first-order valence-electron chi connectivity index (χ1n) is 5.14. The summed E-state index contributed by atoms with van der Waals surface area (Å²) in [5.74, 6) is -0.339. The zero-order valence-electron chi connectivity index (χ0n) is 9.48. The second-order valence-electron chi connectivity index (χ2n) is 4.04. The van der Waals surface area contributed by atoms with Crippen LogP contribution in [0.15, 0.2) is 18.2 Å². The quantitative estimate of drug-likeness (QED) is 0.710. The van der Waals surface area contributed by atoms with Crippen molar-refractivity contribution in [3.8, 4) is 5.75 Å². The summed E-state index contributed by atoms with van der Waals surface area (Å²) < 4.78 is 5.48. The van der Waals surface area contributed by atoms with Crippen LogP contribution in [-0.4, -0.2) is 24.8 Å². The molecule has 0 radical (unpaired) electrons. The lowest BCUT2D eigenvalue weighted by Crippen LogP contribution is -2.24. The summed E-state index contributed by atoms with van der Waals surface area (Å²) >= 11 is 0. The summed E-state index contributed by atoms with van der Waals surface area (Å²) in [4.78, 5) is 24.4. The summed E-state index contributed by atoms with van der Waals surface area (Å²) in [6.45, 7) is 3.82. The summed E-state index contributed by atoms with van der Waals surface area (Å²) in [5, 5.41) is 0. The SMILES string of the molecule is CC(C)Oc1ccc2c(c1)C(=O)C(=O)N2C. The molecule has 1 aromatic carbocycles. The summed E-state index contributed by atoms with van der Waals surface area (Å²) in [7, 11) is 1.59. The van der Waals surface area contributed by atoms with Crippen molar-refractivity contribution in [2.24, 2.45) is 0 Å².